The minimum atomic E-state index is 0.0638. The van der Waals surface area contributed by atoms with Gasteiger partial charge in [0.05, 0.1) is 5.60 Å². The van der Waals surface area contributed by atoms with Crippen LogP contribution in [0, 0.1) is 5.41 Å². The summed E-state index contributed by atoms with van der Waals surface area (Å²) in [5.41, 5.74) is 1.94. The third-order valence-electron chi connectivity index (χ3n) is 4.87. The van der Waals surface area contributed by atoms with E-state index in [1.807, 2.05) is 0 Å². The van der Waals surface area contributed by atoms with Crippen molar-refractivity contribution in [3.8, 4) is 0 Å². The summed E-state index contributed by atoms with van der Waals surface area (Å²) in [5.74, 6) is 0.584. The molecule has 1 aliphatic carbocycles. The summed E-state index contributed by atoms with van der Waals surface area (Å²) in [7, 11) is 0. The van der Waals surface area contributed by atoms with Crippen molar-refractivity contribution in [1.29, 1.82) is 0 Å². The van der Waals surface area contributed by atoms with Crippen LogP contribution in [0.4, 0.5) is 0 Å². The van der Waals surface area contributed by atoms with Gasteiger partial charge in [-0.25, -0.2) is 0 Å². The summed E-state index contributed by atoms with van der Waals surface area (Å²) < 4.78 is 6.13. The van der Waals surface area contributed by atoms with Crippen LogP contribution in [0.2, 0.25) is 0 Å². The zero-order valence-corrected chi connectivity index (χ0v) is 10.2. The van der Waals surface area contributed by atoms with Crippen molar-refractivity contribution in [2.45, 2.75) is 44.6 Å². The lowest BCUT2D eigenvalue weighted by Gasteiger charge is -2.37. The van der Waals surface area contributed by atoms with Crippen molar-refractivity contribution in [1.82, 2.24) is 0 Å². The van der Waals surface area contributed by atoms with Crippen LogP contribution < -0.4 is 0 Å². The molecule has 0 aromatic heterocycles. The highest BCUT2D eigenvalue weighted by molar-refractivity contribution is 5.27. The van der Waals surface area contributed by atoms with Gasteiger partial charge in [-0.3, -0.25) is 0 Å². The van der Waals surface area contributed by atoms with E-state index in [0.29, 0.717) is 11.3 Å². The van der Waals surface area contributed by atoms with Crippen LogP contribution in [0.25, 0.3) is 0 Å². The maximum absolute atomic E-state index is 6.13. The maximum atomic E-state index is 6.13. The number of benzene rings is 1. The smallest absolute Gasteiger partial charge is 0.0776 e. The summed E-state index contributed by atoms with van der Waals surface area (Å²) >= 11 is 0. The first-order chi connectivity index (χ1) is 7.66. The van der Waals surface area contributed by atoms with Crippen molar-refractivity contribution in [3.63, 3.8) is 0 Å². The Hall–Kier alpha value is -0.820. The molecule has 0 N–H and O–H groups in total. The highest BCUT2D eigenvalue weighted by Gasteiger charge is 2.59. The van der Waals surface area contributed by atoms with Gasteiger partial charge in [0.25, 0.3) is 0 Å². The van der Waals surface area contributed by atoms with Gasteiger partial charge in [-0.05, 0) is 37.2 Å². The van der Waals surface area contributed by atoms with Crippen LogP contribution in [0.5, 0.6) is 0 Å². The molecule has 2 atom stereocenters. The van der Waals surface area contributed by atoms with Crippen LogP contribution in [0.15, 0.2) is 30.3 Å². The molecule has 1 aromatic rings. The van der Waals surface area contributed by atoms with Crippen molar-refractivity contribution in [2.75, 3.05) is 6.61 Å². The highest BCUT2D eigenvalue weighted by atomic mass is 16.5. The Labute approximate surface area is 97.8 Å². The first-order valence-electron chi connectivity index (χ1n) is 6.35. The monoisotopic (exact) mass is 216 g/mol. The van der Waals surface area contributed by atoms with E-state index in [2.05, 4.69) is 44.2 Å². The van der Waals surface area contributed by atoms with E-state index in [1.165, 1.54) is 24.8 Å². The van der Waals surface area contributed by atoms with E-state index in [0.717, 1.165) is 6.61 Å². The lowest BCUT2D eigenvalue weighted by Crippen LogP contribution is -2.39. The topological polar surface area (TPSA) is 9.23 Å². The second-order valence-electron chi connectivity index (χ2n) is 5.77. The Morgan fingerprint density at radius 1 is 1.12 bits per heavy atom. The van der Waals surface area contributed by atoms with E-state index in [9.17, 15) is 0 Å². The first kappa shape index (κ1) is 10.3. The molecule has 0 unspecified atom stereocenters. The van der Waals surface area contributed by atoms with Gasteiger partial charge < -0.3 is 4.74 Å². The van der Waals surface area contributed by atoms with Crippen molar-refractivity contribution < 1.29 is 4.74 Å². The first-order valence-corrected chi connectivity index (χ1v) is 6.35. The summed E-state index contributed by atoms with van der Waals surface area (Å²) in [4.78, 5) is 0. The molecular formula is C15H20O. The Bertz CT molecular complexity index is 380. The van der Waals surface area contributed by atoms with Gasteiger partial charge in [-0.15, -0.1) is 0 Å². The molecular weight excluding hydrogens is 196 g/mol. The molecule has 3 rings (SSSR count). The number of hydrogen-bond donors (Lipinski definition) is 0. The Kier molecular flexibility index (Phi) is 2.16. The average Bonchev–Trinajstić information content (AvgIpc) is 2.93. The molecule has 86 valence electrons. The normalized spacial score (nSPS) is 36.2. The lowest BCUT2D eigenvalue weighted by atomic mass is 9.74. The lowest BCUT2D eigenvalue weighted by molar-refractivity contribution is -0.0444. The number of hydrogen-bond acceptors (Lipinski definition) is 1. The molecule has 0 spiro atoms. The van der Waals surface area contributed by atoms with Crippen LogP contribution in [-0.2, 0) is 4.74 Å². The van der Waals surface area contributed by atoms with E-state index < -0.39 is 0 Å². The van der Waals surface area contributed by atoms with Gasteiger partial charge in [0, 0.05) is 12.5 Å². The largest absolute Gasteiger partial charge is 0.374 e. The number of ether oxygens (including phenoxy) is 1. The molecule has 0 bridgehead atoms. The molecule has 1 saturated heterocycles. The molecule has 16 heavy (non-hydrogen) atoms. The Morgan fingerprint density at radius 2 is 1.81 bits per heavy atom. The predicted octanol–water partition coefficient (Wildman–Crippen LogP) is 3.75. The Balaban J connectivity index is 1.96. The van der Waals surface area contributed by atoms with E-state index in [1.54, 1.807) is 0 Å². The summed E-state index contributed by atoms with van der Waals surface area (Å²) in [5, 5.41) is 0. The van der Waals surface area contributed by atoms with E-state index in [-0.39, 0.29) is 5.60 Å². The molecule has 0 amide bonds. The number of rotatable bonds is 2. The molecule has 1 heteroatoms. The van der Waals surface area contributed by atoms with E-state index >= 15 is 0 Å². The summed E-state index contributed by atoms with van der Waals surface area (Å²) in [6.07, 6.45) is 3.83. The maximum Gasteiger partial charge on any atom is 0.0776 e. The zero-order valence-electron chi connectivity index (χ0n) is 10.2. The van der Waals surface area contributed by atoms with Crippen molar-refractivity contribution >= 4 is 0 Å². The zero-order chi connectivity index (χ0) is 11.2. The van der Waals surface area contributed by atoms with Crippen LogP contribution >= 0.6 is 0 Å². The fourth-order valence-electron chi connectivity index (χ4n) is 3.21. The second-order valence-corrected chi connectivity index (χ2v) is 5.77. The third-order valence-corrected chi connectivity index (χ3v) is 4.87. The van der Waals surface area contributed by atoms with Crippen LogP contribution in [0.3, 0.4) is 0 Å². The molecule has 2 aliphatic rings. The van der Waals surface area contributed by atoms with E-state index in [4.69, 9.17) is 4.74 Å². The van der Waals surface area contributed by atoms with Crippen molar-refractivity contribution in [2.24, 2.45) is 5.41 Å². The summed E-state index contributed by atoms with van der Waals surface area (Å²) in [6.45, 7) is 5.63. The van der Waals surface area contributed by atoms with Gasteiger partial charge in [0.2, 0.25) is 0 Å². The van der Waals surface area contributed by atoms with Gasteiger partial charge in [-0.1, -0.05) is 37.3 Å². The molecule has 0 radical (unpaired) electrons. The molecule has 1 nitrogen and oxygen atoms in total. The SMILES string of the molecule is CC1([C@]2(C)OCC[C@H]2c2ccccc2)CC1. The fourth-order valence-corrected chi connectivity index (χ4v) is 3.21. The van der Waals surface area contributed by atoms with Crippen LogP contribution in [0.1, 0.15) is 44.6 Å². The fraction of sp³-hybridized carbons (Fsp3) is 0.600. The highest BCUT2D eigenvalue weighted by Crippen LogP contribution is 2.62. The minimum Gasteiger partial charge on any atom is -0.374 e. The molecule has 1 heterocycles. The van der Waals surface area contributed by atoms with Crippen LogP contribution in [-0.4, -0.2) is 12.2 Å². The molecule has 2 fully saturated rings. The molecule has 1 aromatic carbocycles. The quantitative estimate of drug-likeness (QED) is 0.731. The third kappa shape index (κ3) is 1.34. The summed E-state index contributed by atoms with van der Waals surface area (Å²) in [6, 6.07) is 10.9. The minimum absolute atomic E-state index is 0.0638. The standard InChI is InChI=1S/C15H20O/c1-14(9-10-14)15(2)13(8-11-16-15)12-6-4-3-5-7-12/h3-7,13H,8-11H2,1-2H3/t13-,15+/m0/s1. The predicted molar refractivity (Wildman–Crippen MR) is 65.5 cm³/mol. The Morgan fingerprint density at radius 3 is 2.44 bits per heavy atom. The van der Waals surface area contributed by atoms with Gasteiger partial charge in [-0.2, -0.15) is 0 Å². The van der Waals surface area contributed by atoms with Gasteiger partial charge in [0.15, 0.2) is 0 Å². The van der Waals surface area contributed by atoms with Crippen molar-refractivity contribution in [3.05, 3.63) is 35.9 Å². The second kappa shape index (κ2) is 3.33. The average molecular weight is 216 g/mol. The van der Waals surface area contributed by atoms with Gasteiger partial charge in [0.1, 0.15) is 0 Å². The molecule has 1 aliphatic heterocycles. The molecule has 1 saturated carbocycles. The van der Waals surface area contributed by atoms with Gasteiger partial charge >= 0.3 is 0 Å².